The number of benzene rings is 2. The van der Waals surface area contributed by atoms with Gasteiger partial charge < -0.3 is 19.5 Å². The van der Waals surface area contributed by atoms with Gasteiger partial charge in [0.2, 0.25) is 0 Å². The highest BCUT2D eigenvalue weighted by molar-refractivity contribution is 5.95. The van der Waals surface area contributed by atoms with Crippen molar-refractivity contribution in [2.45, 2.75) is 6.92 Å². The van der Waals surface area contributed by atoms with Crippen LogP contribution in [-0.4, -0.2) is 37.1 Å². The summed E-state index contributed by atoms with van der Waals surface area (Å²) in [6, 6.07) is 11.0. The molecule has 0 unspecified atom stereocenters. The number of anilines is 1. The van der Waals surface area contributed by atoms with E-state index in [0.29, 0.717) is 17.1 Å². The van der Waals surface area contributed by atoms with Crippen LogP contribution in [0, 0.1) is 17.0 Å². The van der Waals surface area contributed by atoms with Crippen LogP contribution in [0.3, 0.4) is 0 Å². The van der Waals surface area contributed by atoms with Gasteiger partial charge in [0.05, 0.1) is 12.0 Å². The lowest BCUT2D eigenvalue weighted by Gasteiger charge is -2.10. The molecule has 142 valence electrons. The third-order valence-corrected chi connectivity index (χ3v) is 3.49. The minimum atomic E-state index is -0.750. The number of nitrogens with one attached hydrogen (secondary N) is 1. The molecule has 0 aliphatic carbocycles. The van der Waals surface area contributed by atoms with Crippen molar-refractivity contribution >= 4 is 23.3 Å². The second-order valence-electron chi connectivity index (χ2n) is 5.40. The second-order valence-corrected chi connectivity index (χ2v) is 5.40. The molecule has 1 amide bonds. The van der Waals surface area contributed by atoms with Crippen molar-refractivity contribution in [3.63, 3.8) is 0 Å². The van der Waals surface area contributed by atoms with E-state index in [9.17, 15) is 19.7 Å². The maximum absolute atomic E-state index is 11.9. The third-order valence-electron chi connectivity index (χ3n) is 3.49. The van der Waals surface area contributed by atoms with Crippen molar-refractivity contribution in [2.75, 3.05) is 25.6 Å². The fourth-order valence-corrected chi connectivity index (χ4v) is 2.14. The summed E-state index contributed by atoms with van der Waals surface area (Å²) in [4.78, 5) is 34.0. The molecule has 0 aliphatic rings. The van der Waals surface area contributed by atoms with E-state index in [0.717, 1.165) is 0 Å². The average molecular weight is 374 g/mol. The molecule has 27 heavy (non-hydrogen) atoms. The highest BCUT2D eigenvalue weighted by Gasteiger charge is 2.18. The van der Waals surface area contributed by atoms with Crippen molar-refractivity contribution in [2.24, 2.45) is 0 Å². The van der Waals surface area contributed by atoms with Gasteiger partial charge in [-0.05, 0) is 36.8 Å². The van der Waals surface area contributed by atoms with Gasteiger partial charge in [-0.1, -0.05) is 12.1 Å². The molecule has 0 aromatic heterocycles. The number of esters is 1. The topological polar surface area (TPSA) is 117 Å². The van der Waals surface area contributed by atoms with Crippen LogP contribution in [0.2, 0.25) is 0 Å². The molecule has 0 fully saturated rings. The van der Waals surface area contributed by atoms with Gasteiger partial charge in [0.15, 0.2) is 13.2 Å². The lowest BCUT2D eigenvalue weighted by atomic mass is 10.1. The van der Waals surface area contributed by atoms with E-state index in [1.165, 1.54) is 19.2 Å². The van der Waals surface area contributed by atoms with Crippen LogP contribution in [0.15, 0.2) is 42.5 Å². The van der Waals surface area contributed by atoms with E-state index in [2.05, 4.69) is 5.32 Å². The van der Waals surface area contributed by atoms with Crippen LogP contribution < -0.4 is 14.8 Å². The monoisotopic (exact) mass is 374 g/mol. The van der Waals surface area contributed by atoms with E-state index >= 15 is 0 Å². The average Bonchev–Trinajstić information content (AvgIpc) is 2.66. The maximum atomic E-state index is 11.9. The number of hydrogen-bond donors (Lipinski definition) is 1. The first-order valence-corrected chi connectivity index (χ1v) is 7.87. The molecule has 0 radical (unpaired) electrons. The Kier molecular flexibility index (Phi) is 6.70. The molecule has 1 N–H and O–H groups in total. The van der Waals surface area contributed by atoms with E-state index in [-0.39, 0.29) is 18.0 Å². The predicted molar refractivity (Wildman–Crippen MR) is 95.9 cm³/mol. The lowest BCUT2D eigenvalue weighted by Crippen LogP contribution is -2.24. The SMILES string of the molecule is COc1ccc(OCC(=O)OCC(=O)Nc2c(C)cccc2[N+](=O)[O-])cc1. The Morgan fingerprint density at radius 3 is 2.37 bits per heavy atom. The van der Waals surface area contributed by atoms with Crippen molar-refractivity contribution in [1.29, 1.82) is 0 Å². The summed E-state index contributed by atoms with van der Waals surface area (Å²) in [6.45, 7) is 0.651. The normalized spacial score (nSPS) is 10.0. The molecular weight excluding hydrogens is 356 g/mol. The number of nitro groups is 1. The summed E-state index contributed by atoms with van der Waals surface area (Å²) >= 11 is 0. The zero-order valence-electron chi connectivity index (χ0n) is 14.8. The van der Waals surface area contributed by atoms with E-state index < -0.39 is 23.4 Å². The Hall–Kier alpha value is -3.62. The first-order valence-electron chi connectivity index (χ1n) is 7.87. The number of hydrogen-bond acceptors (Lipinski definition) is 7. The Morgan fingerprint density at radius 1 is 1.07 bits per heavy atom. The van der Waals surface area contributed by atoms with Crippen molar-refractivity contribution < 1.29 is 28.7 Å². The highest BCUT2D eigenvalue weighted by atomic mass is 16.6. The zero-order chi connectivity index (χ0) is 19.8. The second kappa shape index (κ2) is 9.18. The minimum absolute atomic E-state index is 0.0676. The van der Waals surface area contributed by atoms with Gasteiger partial charge in [0, 0.05) is 6.07 Å². The first kappa shape index (κ1) is 19.7. The number of aryl methyl sites for hydroxylation is 1. The van der Waals surface area contributed by atoms with E-state index in [1.807, 2.05) is 0 Å². The first-order chi connectivity index (χ1) is 12.9. The molecule has 0 saturated heterocycles. The number of nitrogens with zero attached hydrogens (tertiary/aromatic N) is 1. The standard InChI is InChI=1S/C18H18N2O7/c1-12-4-3-5-15(20(23)24)18(12)19-16(21)10-27-17(22)11-26-14-8-6-13(25-2)7-9-14/h3-9H,10-11H2,1-2H3,(H,19,21). The van der Waals surface area contributed by atoms with Gasteiger partial charge in [-0.25, -0.2) is 4.79 Å². The lowest BCUT2D eigenvalue weighted by molar-refractivity contribution is -0.384. The summed E-state index contributed by atoms with van der Waals surface area (Å²) in [5.74, 6) is -0.356. The molecule has 2 aromatic carbocycles. The van der Waals surface area contributed by atoms with Crippen LogP contribution in [0.5, 0.6) is 11.5 Å². The minimum Gasteiger partial charge on any atom is -0.497 e. The van der Waals surface area contributed by atoms with Crippen LogP contribution in [-0.2, 0) is 14.3 Å². The number of para-hydroxylation sites is 1. The molecule has 0 spiro atoms. The predicted octanol–water partition coefficient (Wildman–Crippen LogP) is 2.47. The molecule has 0 aliphatic heterocycles. The summed E-state index contributed by atoms with van der Waals surface area (Å²) in [5, 5.41) is 13.4. The molecule has 9 heteroatoms. The van der Waals surface area contributed by atoms with E-state index in [4.69, 9.17) is 14.2 Å². The van der Waals surface area contributed by atoms with Gasteiger partial charge in [-0.2, -0.15) is 0 Å². The smallest absolute Gasteiger partial charge is 0.344 e. The summed E-state index contributed by atoms with van der Waals surface area (Å²) in [6.07, 6.45) is 0. The molecule has 0 heterocycles. The Balaban J connectivity index is 1.83. The van der Waals surface area contributed by atoms with Crippen LogP contribution >= 0.6 is 0 Å². The molecule has 9 nitrogen and oxygen atoms in total. The molecular formula is C18H18N2O7. The van der Waals surface area contributed by atoms with Crippen LogP contribution in [0.1, 0.15) is 5.56 Å². The number of methoxy groups -OCH3 is 1. The largest absolute Gasteiger partial charge is 0.497 e. The molecule has 0 bridgehead atoms. The van der Waals surface area contributed by atoms with Gasteiger partial charge in [-0.15, -0.1) is 0 Å². The van der Waals surface area contributed by atoms with Crippen molar-refractivity contribution in [3.05, 3.63) is 58.1 Å². The van der Waals surface area contributed by atoms with Crippen LogP contribution in [0.25, 0.3) is 0 Å². The fourth-order valence-electron chi connectivity index (χ4n) is 2.14. The zero-order valence-corrected chi connectivity index (χ0v) is 14.8. The van der Waals surface area contributed by atoms with Crippen LogP contribution in [0.4, 0.5) is 11.4 Å². The van der Waals surface area contributed by atoms with Gasteiger partial charge in [0.1, 0.15) is 17.2 Å². The number of carbonyl (C=O) groups excluding carboxylic acids is 2. The summed E-state index contributed by atoms with van der Waals surface area (Å²) < 4.78 is 15.1. The Bertz CT molecular complexity index is 834. The third kappa shape index (κ3) is 5.70. The summed E-state index contributed by atoms with van der Waals surface area (Å²) in [7, 11) is 1.53. The fraction of sp³-hybridized carbons (Fsp3) is 0.222. The highest BCUT2D eigenvalue weighted by Crippen LogP contribution is 2.27. The molecule has 2 rings (SSSR count). The van der Waals surface area contributed by atoms with Crippen molar-refractivity contribution in [3.8, 4) is 11.5 Å². The maximum Gasteiger partial charge on any atom is 0.344 e. The number of rotatable bonds is 8. The molecule has 0 atom stereocenters. The number of nitro benzene ring substituents is 1. The molecule has 0 saturated carbocycles. The van der Waals surface area contributed by atoms with E-state index in [1.54, 1.807) is 37.3 Å². The Labute approximate surface area is 155 Å². The van der Waals surface area contributed by atoms with Gasteiger partial charge >= 0.3 is 5.97 Å². The Morgan fingerprint density at radius 2 is 1.74 bits per heavy atom. The molecule has 2 aromatic rings. The summed E-state index contributed by atoms with van der Waals surface area (Å²) in [5.41, 5.74) is 0.349. The van der Waals surface area contributed by atoms with Gasteiger partial charge in [-0.3, -0.25) is 14.9 Å². The number of amides is 1. The quantitative estimate of drug-likeness (QED) is 0.428. The van der Waals surface area contributed by atoms with Gasteiger partial charge in [0.25, 0.3) is 11.6 Å². The number of ether oxygens (including phenoxy) is 3. The van der Waals surface area contributed by atoms with Crippen molar-refractivity contribution in [1.82, 2.24) is 0 Å². The number of carbonyl (C=O) groups is 2.